The fourth-order valence-corrected chi connectivity index (χ4v) is 5.23. The molecule has 0 spiro atoms. The van der Waals surface area contributed by atoms with Crippen LogP contribution in [0.15, 0.2) is 36.4 Å². The number of methoxy groups -OCH3 is 2. The predicted molar refractivity (Wildman–Crippen MR) is 132 cm³/mol. The molecule has 2 heterocycles. The molecule has 1 atom stereocenters. The molecule has 0 aromatic heterocycles. The van der Waals surface area contributed by atoms with Gasteiger partial charge in [-0.3, -0.25) is 4.79 Å². The molecule has 5 heteroatoms. The van der Waals surface area contributed by atoms with Crippen LogP contribution in [0.25, 0.3) is 0 Å². The molecule has 0 aliphatic carbocycles. The van der Waals surface area contributed by atoms with Crippen molar-refractivity contribution in [3.8, 4) is 11.5 Å². The largest absolute Gasteiger partial charge is 0.493 e. The minimum absolute atomic E-state index is 0.233. The summed E-state index contributed by atoms with van der Waals surface area (Å²) in [6, 6.07) is 12.9. The van der Waals surface area contributed by atoms with Gasteiger partial charge in [0, 0.05) is 26.2 Å². The van der Waals surface area contributed by atoms with Gasteiger partial charge in [0.2, 0.25) is 5.91 Å². The van der Waals surface area contributed by atoms with Crippen LogP contribution in [0.2, 0.25) is 0 Å². The Morgan fingerprint density at radius 1 is 0.970 bits per heavy atom. The molecular formula is C28H38N2O3. The van der Waals surface area contributed by atoms with Crippen LogP contribution in [0.4, 0.5) is 0 Å². The summed E-state index contributed by atoms with van der Waals surface area (Å²) in [5, 5.41) is 0. The minimum Gasteiger partial charge on any atom is -0.493 e. The Morgan fingerprint density at radius 3 is 2.42 bits per heavy atom. The first-order chi connectivity index (χ1) is 16.1. The average Bonchev–Trinajstić information content (AvgIpc) is 3.14. The number of benzene rings is 2. The van der Waals surface area contributed by atoms with E-state index >= 15 is 0 Å². The third-order valence-corrected chi connectivity index (χ3v) is 7.22. The van der Waals surface area contributed by atoms with E-state index in [-0.39, 0.29) is 5.91 Å². The second-order valence-electron chi connectivity index (χ2n) is 9.64. The number of aryl methyl sites for hydroxylation is 1. The summed E-state index contributed by atoms with van der Waals surface area (Å²) < 4.78 is 10.9. The Kier molecular flexibility index (Phi) is 7.92. The minimum atomic E-state index is 0.233. The van der Waals surface area contributed by atoms with E-state index < -0.39 is 0 Å². The summed E-state index contributed by atoms with van der Waals surface area (Å²) in [4.78, 5) is 17.9. The average molecular weight is 451 g/mol. The van der Waals surface area contributed by atoms with Crippen LogP contribution in [0.3, 0.4) is 0 Å². The van der Waals surface area contributed by atoms with Crippen molar-refractivity contribution in [2.45, 2.75) is 45.4 Å². The lowest BCUT2D eigenvalue weighted by Gasteiger charge is -2.29. The molecule has 1 amide bonds. The number of amides is 1. The van der Waals surface area contributed by atoms with Crippen molar-refractivity contribution in [2.24, 2.45) is 5.92 Å². The lowest BCUT2D eigenvalue weighted by Crippen LogP contribution is -2.40. The lowest BCUT2D eigenvalue weighted by molar-refractivity contribution is -0.130. The topological polar surface area (TPSA) is 42.0 Å². The summed E-state index contributed by atoms with van der Waals surface area (Å²) in [5.41, 5.74) is 4.99. The maximum absolute atomic E-state index is 13.2. The van der Waals surface area contributed by atoms with Crippen LogP contribution >= 0.6 is 0 Å². The van der Waals surface area contributed by atoms with Gasteiger partial charge < -0.3 is 19.3 Å². The van der Waals surface area contributed by atoms with Gasteiger partial charge in [-0.05, 0) is 73.9 Å². The third-order valence-electron chi connectivity index (χ3n) is 7.22. The molecule has 33 heavy (non-hydrogen) atoms. The number of likely N-dealkylation sites (tertiary alicyclic amines) is 1. The highest BCUT2D eigenvalue weighted by atomic mass is 16.5. The van der Waals surface area contributed by atoms with Gasteiger partial charge in [-0.15, -0.1) is 0 Å². The summed E-state index contributed by atoms with van der Waals surface area (Å²) in [5.74, 6) is 2.21. The fourth-order valence-electron chi connectivity index (χ4n) is 5.23. The molecule has 0 bridgehead atoms. The number of hydrogen-bond acceptors (Lipinski definition) is 4. The highest BCUT2D eigenvalue weighted by Gasteiger charge is 2.26. The van der Waals surface area contributed by atoms with E-state index in [9.17, 15) is 4.79 Å². The van der Waals surface area contributed by atoms with Crippen LogP contribution in [0.5, 0.6) is 11.5 Å². The Balaban J connectivity index is 1.36. The number of fused-ring (bicyclic) bond motifs is 1. The molecule has 2 aromatic carbocycles. The number of rotatable bonds is 7. The number of hydrogen-bond donors (Lipinski definition) is 0. The van der Waals surface area contributed by atoms with E-state index in [1.54, 1.807) is 14.2 Å². The highest BCUT2D eigenvalue weighted by Crippen LogP contribution is 2.32. The molecule has 1 fully saturated rings. The van der Waals surface area contributed by atoms with Gasteiger partial charge in [0.25, 0.3) is 0 Å². The molecule has 178 valence electrons. The number of carbonyl (C=O) groups excluding carboxylic acids is 1. The lowest BCUT2D eigenvalue weighted by atomic mass is 10.0. The maximum Gasteiger partial charge on any atom is 0.227 e. The Labute approximate surface area is 198 Å². The maximum atomic E-state index is 13.2. The van der Waals surface area contributed by atoms with E-state index in [0.717, 1.165) is 50.3 Å². The standard InChI is InChI=1S/C28H38N2O3/c1-21-7-9-22(10-8-21)11-14-29-13-5-4-6-23(19-29)20-30-15-12-24-16-26(32-2)27(33-3)17-25(24)18-28(30)31/h7-10,16-17,23H,4-6,11-15,18-20H2,1-3H3. The van der Waals surface area contributed by atoms with Crippen molar-refractivity contribution >= 4 is 5.91 Å². The van der Waals surface area contributed by atoms with Crippen LogP contribution in [0.1, 0.15) is 41.5 Å². The van der Waals surface area contributed by atoms with E-state index in [1.165, 1.54) is 42.5 Å². The zero-order chi connectivity index (χ0) is 23.2. The molecule has 1 saturated heterocycles. The van der Waals surface area contributed by atoms with Crippen molar-refractivity contribution in [1.82, 2.24) is 9.80 Å². The van der Waals surface area contributed by atoms with E-state index in [2.05, 4.69) is 41.0 Å². The van der Waals surface area contributed by atoms with Crippen molar-refractivity contribution in [2.75, 3.05) is 46.9 Å². The fraction of sp³-hybridized carbons (Fsp3) is 0.536. The Morgan fingerprint density at radius 2 is 1.70 bits per heavy atom. The van der Waals surface area contributed by atoms with Gasteiger partial charge in [-0.1, -0.05) is 36.2 Å². The Bertz CT molecular complexity index is 941. The van der Waals surface area contributed by atoms with Crippen molar-refractivity contribution in [1.29, 1.82) is 0 Å². The van der Waals surface area contributed by atoms with Crippen molar-refractivity contribution in [3.05, 3.63) is 58.7 Å². The molecule has 2 aromatic rings. The van der Waals surface area contributed by atoms with Crippen LogP contribution in [-0.2, 0) is 24.1 Å². The molecule has 0 saturated carbocycles. The molecule has 0 radical (unpaired) electrons. The molecule has 0 N–H and O–H groups in total. The molecular weight excluding hydrogens is 412 g/mol. The first-order valence-corrected chi connectivity index (χ1v) is 12.3. The summed E-state index contributed by atoms with van der Waals surface area (Å²) in [7, 11) is 3.31. The smallest absolute Gasteiger partial charge is 0.227 e. The summed E-state index contributed by atoms with van der Waals surface area (Å²) in [6.45, 7) is 7.13. The molecule has 1 unspecified atom stereocenters. The molecule has 2 aliphatic heterocycles. The Hall–Kier alpha value is -2.53. The quantitative estimate of drug-likeness (QED) is 0.631. The first kappa shape index (κ1) is 23.6. The van der Waals surface area contributed by atoms with E-state index in [0.29, 0.717) is 18.1 Å². The monoisotopic (exact) mass is 450 g/mol. The molecule has 5 nitrogen and oxygen atoms in total. The van der Waals surface area contributed by atoms with E-state index in [4.69, 9.17) is 9.47 Å². The van der Waals surface area contributed by atoms with Crippen LogP contribution in [0, 0.1) is 12.8 Å². The van der Waals surface area contributed by atoms with Crippen molar-refractivity contribution < 1.29 is 14.3 Å². The van der Waals surface area contributed by atoms with Gasteiger partial charge in [0.05, 0.1) is 20.6 Å². The normalized spacial score (nSPS) is 19.5. The molecule has 2 aliphatic rings. The SMILES string of the molecule is COc1cc2c(cc1OC)CC(=O)N(CC1CCCCN(CCc3ccc(C)cc3)C1)CC2. The van der Waals surface area contributed by atoms with Crippen LogP contribution in [-0.4, -0.2) is 62.7 Å². The van der Waals surface area contributed by atoms with Crippen LogP contribution < -0.4 is 9.47 Å². The van der Waals surface area contributed by atoms with E-state index in [1.807, 2.05) is 12.1 Å². The highest BCUT2D eigenvalue weighted by molar-refractivity contribution is 5.80. The zero-order valence-corrected chi connectivity index (χ0v) is 20.4. The summed E-state index contributed by atoms with van der Waals surface area (Å²) >= 11 is 0. The van der Waals surface area contributed by atoms with Gasteiger partial charge >= 0.3 is 0 Å². The van der Waals surface area contributed by atoms with Gasteiger partial charge in [0.1, 0.15) is 0 Å². The predicted octanol–water partition coefficient (Wildman–Crippen LogP) is 4.28. The number of ether oxygens (including phenoxy) is 2. The van der Waals surface area contributed by atoms with Crippen molar-refractivity contribution in [3.63, 3.8) is 0 Å². The third kappa shape index (κ3) is 6.08. The van der Waals surface area contributed by atoms with Gasteiger partial charge in [-0.2, -0.15) is 0 Å². The second-order valence-corrected chi connectivity index (χ2v) is 9.64. The number of nitrogens with zero attached hydrogens (tertiary/aromatic N) is 2. The molecule has 4 rings (SSSR count). The summed E-state index contributed by atoms with van der Waals surface area (Å²) in [6.07, 6.45) is 6.12. The first-order valence-electron chi connectivity index (χ1n) is 12.3. The second kappa shape index (κ2) is 11.1. The van der Waals surface area contributed by atoms with Gasteiger partial charge in [0.15, 0.2) is 11.5 Å². The van der Waals surface area contributed by atoms with Gasteiger partial charge in [-0.25, -0.2) is 0 Å². The zero-order valence-electron chi connectivity index (χ0n) is 20.4. The number of carbonyl (C=O) groups is 1.